The highest BCUT2D eigenvalue weighted by molar-refractivity contribution is 5.79. The summed E-state index contributed by atoms with van der Waals surface area (Å²) in [6, 6.07) is 6.04. The average Bonchev–Trinajstić information content (AvgIpc) is 3.17. The van der Waals surface area contributed by atoms with Crippen LogP contribution < -0.4 is 20.1 Å². The van der Waals surface area contributed by atoms with Gasteiger partial charge in [0.25, 0.3) is 0 Å². The molecule has 0 saturated carbocycles. The third kappa shape index (κ3) is 6.43. The maximum absolute atomic E-state index is 12.2. The van der Waals surface area contributed by atoms with E-state index >= 15 is 0 Å². The number of carbonyl (C=O) groups excluding carboxylic acids is 1. The van der Waals surface area contributed by atoms with Crippen LogP contribution in [0.25, 0.3) is 0 Å². The number of benzene rings is 1. The normalized spacial score (nSPS) is 17.1. The van der Waals surface area contributed by atoms with Crippen molar-refractivity contribution in [2.75, 3.05) is 40.0 Å². The molecule has 0 spiro atoms. The first-order valence-corrected chi connectivity index (χ1v) is 10.6. The van der Waals surface area contributed by atoms with Gasteiger partial charge >= 0.3 is 6.09 Å². The predicted octanol–water partition coefficient (Wildman–Crippen LogP) is 2.77. The van der Waals surface area contributed by atoms with Crippen LogP contribution in [-0.4, -0.2) is 62.6 Å². The van der Waals surface area contributed by atoms with E-state index < -0.39 is 5.60 Å². The lowest BCUT2D eigenvalue weighted by Gasteiger charge is -2.33. The summed E-state index contributed by atoms with van der Waals surface area (Å²) in [5.74, 6) is 2.93. The monoisotopic (exact) mass is 418 g/mol. The fourth-order valence-corrected chi connectivity index (χ4v) is 3.53. The topological polar surface area (TPSA) is 84.4 Å². The molecule has 2 aliphatic heterocycles. The molecular formula is C22H34N4O4. The summed E-state index contributed by atoms with van der Waals surface area (Å²) in [7, 11) is 1.78. The van der Waals surface area contributed by atoms with Crippen LogP contribution in [0.5, 0.6) is 11.5 Å². The van der Waals surface area contributed by atoms with Gasteiger partial charge in [-0.15, -0.1) is 0 Å². The number of nitrogens with one attached hydrogen (secondary N) is 2. The van der Waals surface area contributed by atoms with E-state index in [2.05, 4.69) is 21.7 Å². The van der Waals surface area contributed by atoms with Crippen LogP contribution in [0.2, 0.25) is 0 Å². The fraction of sp³-hybridized carbons (Fsp3) is 0.636. The number of piperidine rings is 1. The lowest BCUT2D eigenvalue weighted by molar-refractivity contribution is 0.0185. The molecule has 2 heterocycles. The molecule has 166 valence electrons. The maximum atomic E-state index is 12.2. The van der Waals surface area contributed by atoms with Crippen molar-refractivity contribution in [1.82, 2.24) is 15.5 Å². The largest absolute Gasteiger partial charge is 0.454 e. The molecule has 0 radical (unpaired) electrons. The second kappa shape index (κ2) is 9.91. The SMILES string of the molecule is CN=C(NCCc1ccc2c(c1)OCO2)NCC1CCN(C(=O)OC(C)(C)C)CC1. The summed E-state index contributed by atoms with van der Waals surface area (Å²) in [6.07, 6.45) is 2.57. The molecule has 1 fully saturated rings. The van der Waals surface area contributed by atoms with Crippen molar-refractivity contribution in [2.45, 2.75) is 45.6 Å². The molecule has 0 aromatic heterocycles. The number of guanidine groups is 1. The maximum Gasteiger partial charge on any atom is 0.410 e. The predicted molar refractivity (Wildman–Crippen MR) is 116 cm³/mol. The van der Waals surface area contributed by atoms with Crippen molar-refractivity contribution in [3.05, 3.63) is 23.8 Å². The molecule has 1 aromatic carbocycles. The number of amides is 1. The van der Waals surface area contributed by atoms with E-state index in [1.807, 2.05) is 32.9 Å². The Labute approximate surface area is 179 Å². The minimum Gasteiger partial charge on any atom is -0.454 e. The molecule has 0 unspecified atom stereocenters. The number of hydrogen-bond donors (Lipinski definition) is 2. The van der Waals surface area contributed by atoms with E-state index in [-0.39, 0.29) is 6.09 Å². The minimum atomic E-state index is -0.450. The van der Waals surface area contributed by atoms with Gasteiger partial charge in [-0.2, -0.15) is 0 Å². The van der Waals surface area contributed by atoms with Crippen LogP contribution in [0.15, 0.2) is 23.2 Å². The van der Waals surface area contributed by atoms with E-state index in [1.54, 1.807) is 11.9 Å². The number of nitrogens with zero attached hydrogens (tertiary/aromatic N) is 2. The summed E-state index contributed by atoms with van der Waals surface area (Å²) in [5, 5.41) is 6.77. The van der Waals surface area contributed by atoms with Crippen LogP contribution in [0.4, 0.5) is 4.79 Å². The van der Waals surface area contributed by atoms with Crippen molar-refractivity contribution in [3.63, 3.8) is 0 Å². The molecule has 1 amide bonds. The van der Waals surface area contributed by atoms with Gasteiger partial charge in [-0.25, -0.2) is 4.79 Å². The van der Waals surface area contributed by atoms with Crippen LogP contribution in [-0.2, 0) is 11.2 Å². The van der Waals surface area contributed by atoms with Crippen molar-refractivity contribution in [3.8, 4) is 11.5 Å². The van der Waals surface area contributed by atoms with Crippen molar-refractivity contribution >= 4 is 12.1 Å². The molecule has 0 bridgehead atoms. The van der Waals surface area contributed by atoms with Crippen LogP contribution in [0.3, 0.4) is 0 Å². The molecule has 2 N–H and O–H groups in total. The minimum absolute atomic E-state index is 0.213. The first-order valence-electron chi connectivity index (χ1n) is 10.6. The molecule has 1 aromatic rings. The van der Waals surface area contributed by atoms with Crippen LogP contribution >= 0.6 is 0 Å². The fourth-order valence-electron chi connectivity index (χ4n) is 3.53. The third-order valence-corrected chi connectivity index (χ3v) is 5.19. The number of carbonyl (C=O) groups is 1. The molecule has 3 rings (SSSR count). The third-order valence-electron chi connectivity index (χ3n) is 5.19. The molecule has 8 heteroatoms. The van der Waals surface area contributed by atoms with Gasteiger partial charge in [0.1, 0.15) is 5.60 Å². The summed E-state index contributed by atoms with van der Waals surface area (Å²) in [4.78, 5) is 18.3. The smallest absolute Gasteiger partial charge is 0.410 e. The van der Waals surface area contributed by atoms with Crippen molar-refractivity contribution < 1.29 is 19.0 Å². The Kier molecular flexibility index (Phi) is 7.29. The number of likely N-dealkylation sites (tertiary alicyclic amines) is 1. The zero-order chi connectivity index (χ0) is 21.6. The number of rotatable bonds is 5. The van der Waals surface area contributed by atoms with E-state index in [9.17, 15) is 4.79 Å². The average molecular weight is 419 g/mol. The standard InChI is InChI=1S/C22H34N4O4/c1-22(2,3)30-21(27)26-11-8-17(9-12-26)14-25-20(23-4)24-10-7-16-5-6-18-19(13-16)29-15-28-18/h5-6,13,17H,7-12,14-15H2,1-4H3,(H2,23,24,25). The molecule has 0 atom stereocenters. The first kappa shape index (κ1) is 22.1. The van der Waals surface area contributed by atoms with Gasteiger partial charge in [0.05, 0.1) is 0 Å². The highest BCUT2D eigenvalue weighted by atomic mass is 16.7. The zero-order valence-corrected chi connectivity index (χ0v) is 18.5. The van der Waals surface area contributed by atoms with Gasteiger partial charge in [0.2, 0.25) is 6.79 Å². The van der Waals surface area contributed by atoms with Gasteiger partial charge in [-0.1, -0.05) is 6.07 Å². The second-order valence-electron chi connectivity index (χ2n) is 8.73. The molecule has 8 nitrogen and oxygen atoms in total. The molecule has 1 saturated heterocycles. The summed E-state index contributed by atoms with van der Waals surface area (Å²) in [6.45, 7) is 9.06. The Bertz CT molecular complexity index is 752. The van der Waals surface area contributed by atoms with E-state index in [0.29, 0.717) is 12.7 Å². The van der Waals surface area contributed by atoms with Gasteiger partial charge in [-0.3, -0.25) is 4.99 Å². The highest BCUT2D eigenvalue weighted by Gasteiger charge is 2.26. The van der Waals surface area contributed by atoms with E-state index in [0.717, 1.165) is 62.9 Å². The number of aliphatic imine (C=N–C) groups is 1. The van der Waals surface area contributed by atoms with Gasteiger partial charge in [0, 0.05) is 33.2 Å². The lowest BCUT2D eigenvalue weighted by atomic mass is 9.97. The number of hydrogen-bond acceptors (Lipinski definition) is 5. The molecule has 0 aliphatic carbocycles. The van der Waals surface area contributed by atoms with Crippen molar-refractivity contribution in [2.24, 2.45) is 10.9 Å². The number of ether oxygens (including phenoxy) is 3. The molecular weight excluding hydrogens is 384 g/mol. The molecule has 2 aliphatic rings. The summed E-state index contributed by atoms with van der Waals surface area (Å²) >= 11 is 0. The Balaban J connectivity index is 1.34. The Morgan fingerprint density at radius 1 is 1.20 bits per heavy atom. The Hall–Kier alpha value is -2.64. The molecule has 30 heavy (non-hydrogen) atoms. The van der Waals surface area contributed by atoms with Gasteiger partial charge in [-0.05, 0) is 63.6 Å². The summed E-state index contributed by atoms with van der Waals surface area (Å²) in [5.41, 5.74) is 0.741. The Morgan fingerprint density at radius 2 is 1.93 bits per heavy atom. The second-order valence-corrected chi connectivity index (χ2v) is 8.73. The Morgan fingerprint density at radius 3 is 2.63 bits per heavy atom. The van der Waals surface area contributed by atoms with Crippen LogP contribution in [0, 0.1) is 5.92 Å². The summed E-state index contributed by atoms with van der Waals surface area (Å²) < 4.78 is 16.2. The van der Waals surface area contributed by atoms with Crippen LogP contribution in [0.1, 0.15) is 39.2 Å². The zero-order valence-electron chi connectivity index (χ0n) is 18.5. The van der Waals surface area contributed by atoms with Gasteiger partial charge in [0.15, 0.2) is 17.5 Å². The van der Waals surface area contributed by atoms with E-state index in [4.69, 9.17) is 14.2 Å². The number of fused-ring (bicyclic) bond motifs is 1. The van der Waals surface area contributed by atoms with Crippen molar-refractivity contribution in [1.29, 1.82) is 0 Å². The van der Waals surface area contributed by atoms with Gasteiger partial charge < -0.3 is 29.7 Å². The first-order chi connectivity index (χ1) is 14.3. The highest BCUT2D eigenvalue weighted by Crippen LogP contribution is 2.32. The lowest BCUT2D eigenvalue weighted by Crippen LogP contribution is -2.45. The van der Waals surface area contributed by atoms with E-state index in [1.165, 1.54) is 5.56 Å². The quantitative estimate of drug-likeness (QED) is 0.565.